The van der Waals surface area contributed by atoms with Crippen LogP contribution >= 0.6 is 0 Å². The molecule has 0 aliphatic heterocycles. The minimum atomic E-state index is 0.140. The molecule has 0 atom stereocenters. The predicted octanol–water partition coefficient (Wildman–Crippen LogP) is 3.58. The van der Waals surface area contributed by atoms with Crippen LogP contribution in [0.2, 0.25) is 0 Å². The number of rotatable bonds is 6. The molecule has 0 bridgehead atoms. The Morgan fingerprint density at radius 2 is 1.87 bits per heavy atom. The number of aryl methyl sites for hydroxylation is 1. The van der Waals surface area contributed by atoms with Gasteiger partial charge in [0.2, 0.25) is 5.88 Å². The molecule has 8 heteroatoms. The first kappa shape index (κ1) is 20.6. The summed E-state index contributed by atoms with van der Waals surface area (Å²) in [6, 6.07) is 5.78. The summed E-state index contributed by atoms with van der Waals surface area (Å²) in [6.07, 6.45) is 7.08. The van der Waals surface area contributed by atoms with Crippen LogP contribution in [0.3, 0.4) is 0 Å². The van der Waals surface area contributed by atoms with Gasteiger partial charge in [-0.05, 0) is 50.3 Å². The Bertz CT molecular complexity index is 1250. The molecule has 8 nitrogen and oxygen atoms in total. The molecule has 1 N–H and O–H groups in total. The Balaban J connectivity index is 1.81. The average molecular weight is 419 g/mol. The fraction of sp³-hybridized carbons (Fsp3) is 0.261. The van der Waals surface area contributed by atoms with Gasteiger partial charge in [0.15, 0.2) is 5.75 Å². The minimum absolute atomic E-state index is 0.140. The molecular formula is C23H25N5O3. The van der Waals surface area contributed by atoms with Crippen molar-refractivity contribution in [1.29, 1.82) is 0 Å². The van der Waals surface area contributed by atoms with E-state index >= 15 is 0 Å². The SMILES string of the molecule is COc1cc(-c2cc(C)c3c(O)n(-c4cncc(CN(C)C)c4)cc3n2)cnc1OC. The van der Waals surface area contributed by atoms with E-state index in [1.807, 2.05) is 51.6 Å². The lowest BCUT2D eigenvalue weighted by Crippen LogP contribution is -2.11. The molecule has 4 aromatic heterocycles. The van der Waals surface area contributed by atoms with E-state index in [1.54, 1.807) is 31.2 Å². The van der Waals surface area contributed by atoms with Gasteiger partial charge in [0.1, 0.15) is 0 Å². The number of aromatic nitrogens is 4. The molecule has 0 aliphatic rings. The lowest BCUT2D eigenvalue weighted by molar-refractivity contribution is 0.343. The summed E-state index contributed by atoms with van der Waals surface area (Å²) < 4.78 is 12.3. The summed E-state index contributed by atoms with van der Waals surface area (Å²) in [6.45, 7) is 2.71. The van der Waals surface area contributed by atoms with E-state index in [-0.39, 0.29) is 5.88 Å². The largest absolute Gasteiger partial charge is 0.494 e. The van der Waals surface area contributed by atoms with Crippen molar-refractivity contribution in [3.05, 3.63) is 54.1 Å². The van der Waals surface area contributed by atoms with E-state index in [0.29, 0.717) is 22.5 Å². The Morgan fingerprint density at radius 3 is 2.58 bits per heavy atom. The van der Waals surface area contributed by atoms with Gasteiger partial charge in [-0.1, -0.05) is 0 Å². The van der Waals surface area contributed by atoms with Crippen molar-refractivity contribution < 1.29 is 14.6 Å². The van der Waals surface area contributed by atoms with Crippen molar-refractivity contribution in [1.82, 2.24) is 24.4 Å². The second-order valence-corrected chi connectivity index (χ2v) is 7.63. The van der Waals surface area contributed by atoms with Crippen LogP contribution in [0.25, 0.3) is 27.8 Å². The minimum Gasteiger partial charge on any atom is -0.494 e. The molecule has 4 rings (SSSR count). The summed E-state index contributed by atoms with van der Waals surface area (Å²) in [5, 5.41) is 11.6. The van der Waals surface area contributed by atoms with Crippen LogP contribution in [0, 0.1) is 6.92 Å². The van der Waals surface area contributed by atoms with Crippen LogP contribution in [-0.4, -0.2) is 57.8 Å². The number of hydrogen-bond acceptors (Lipinski definition) is 7. The number of fused-ring (bicyclic) bond motifs is 1. The van der Waals surface area contributed by atoms with Gasteiger partial charge < -0.3 is 19.5 Å². The molecule has 0 spiro atoms. The number of ether oxygens (including phenoxy) is 2. The molecule has 0 saturated heterocycles. The van der Waals surface area contributed by atoms with Gasteiger partial charge in [0.05, 0.1) is 42.7 Å². The molecular weight excluding hydrogens is 394 g/mol. The smallest absolute Gasteiger partial charge is 0.256 e. The number of nitrogens with zero attached hydrogens (tertiary/aromatic N) is 5. The monoisotopic (exact) mass is 419 g/mol. The van der Waals surface area contributed by atoms with Crippen LogP contribution in [0.4, 0.5) is 0 Å². The summed E-state index contributed by atoms with van der Waals surface area (Å²) in [7, 11) is 7.13. The molecule has 4 heterocycles. The maximum Gasteiger partial charge on any atom is 0.256 e. The van der Waals surface area contributed by atoms with Crippen LogP contribution in [0.5, 0.6) is 17.5 Å². The lowest BCUT2D eigenvalue weighted by Gasteiger charge is -2.11. The van der Waals surface area contributed by atoms with Crippen molar-refractivity contribution in [2.45, 2.75) is 13.5 Å². The van der Waals surface area contributed by atoms with Gasteiger partial charge in [-0.15, -0.1) is 0 Å². The van der Waals surface area contributed by atoms with E-state index in [1.165, 1.54) is 0 Å². The Kier molecular flexibility index (Phi) is 5.48. The van der Waals surface area contributed by atoms with Crippen molar-refractivity contribution >= 4 is 10.9 Å². The van der Waals surface area contributed by atoms with E-state index in [2.05, 4.69) is 14.9 Å². The van der Waals surface area contributed by atoms with Crippen LogP contribution in [0.1, 0.15) is 11.1 Å². The van der Waals surface area contributed by atoms with Crippen LogP contribution < -0.4 is 9.47 Å². The van der Waals surface area contributed by atoms with Gasteiger partial charge in [0.25, 0.3) is 5.88 Å². The predicted molar refractivity (Wildman–Crippen MR) is 119 cm³/mol. The second-order valence-electron chi connectivity index (χ2n) is 7.63. The van der Waals surface area contributed by atoms with Crippen molar-refractivity contribution in [2.75, 3.05) is 28.3 Å². The molecule has 0 amide bonds. The number of hydrogen-bond donors (Lipinski definition) is 1. The van der Waals surface area contributed by atoms with E-state index < -0.39 is 0 Å². The highest BCUT2D eigenvalue weighted by Crippen LogP contribution is 2.35. The zero-order valence-electron chi connectivity index (χ0n) is 18.2. The highest BCUT2D eigenvalue weighted by molar-refractivity contribution is 5.90. The Labute approximate surface area is 180 Å². The van der Waals surface area contributed by atoms with E-state index in [4.69, 9.17) is 14.5 Å². The third kappa shape index (κ3) is 3.89. The molecule has 0 aromatic carbocycles. The number of methoxy groups -OCH3 is 2. The van der Waals surface area contributed by atoms with Crippen LogP contribution in [0.15, 0.2) is 43.0 Å². The number of pyridine rings is 3. The third-order valence-electron chi connectivity index (χ3n) is 5.03. The van der Waals surface area contributed by atoms with Crippen molar-refractivity contribution in [3.8, 4) is 34.5 Å². The van der Waals surface area contributed by atoms with Gasteiger partial charge in [-0.25, -0.2) is 9.97 Å². The molecule has 160 valence electrons. The summed E-state index contributed by atoms with van der Waals surface area (Å²) in [5.41, 5.74) is 4.95. The molecule has 0 fully saturated rings. The van der Waals surface area contributed by atoms with Gasteiger partial charge in [-0.3, -0.25) is 9.55 Å². The molecule has 4 aromatic rings. The standard InChI is InChI=1S/C23H25N5O3/c1-14-6-18(16-8-20(30-4)22(31-5)25-10-16)26-19-13-28(23(29)21(14)19)17-7-15(9-24-11-17)12-27(2)3/h6-11,13,29H,12H2,1-5H3. The Hall–Kier alpha value is -3.65. The molecule has 0 saturated carbocycles. The lowest BCUT2D eigenvalue weighted by atomic mass is 10.1. The molecule has 0 aliphatic carbocycles. The summed E-state index contributed by atoms with van der Waals surface area (Å²) in [4.78, 5) is 15.5. The van der Waals surface area contributed by atoms with Gasteiger partial charge >= 0.3 is 0 Å². The first-order valence-corrected chi connectivity index (χ1v) is 9.80. The maximum atomic E-state index is 10.9. The topological polar surface area (TPSA) is 85.5 Å². The summed E-state index contributed by atoms with van der Waals surface area (Å²) in [5.74, 6) is 1.09. The van der Waals surface area contributed by atoms with Crippen LogP contribution in [-0.2, 0) is 6.54 Å². The molecule has 0 radical (unpaired) electrons. The number of aromatic hydroxyl groups is 1. The van der Waals surface area contributed by atoms with Gasteiger partial charge in [0, 0.05) is 30.7 Å². The maximum absolute atomic E-state index is 10.9. The van der Waals surface area contributed by atoms with Crippen molar-refractivity contribution in [3.63, 3.8) is 0 Å². The fourth-order valence-electron chi connectivity index (χ4n) is 3.66. The molecule has 0 unspecified atom stereocenters. The highest BCUT2D eigenvalue weighted by atomic mass is 16.5. The zero-order valence-corrected chi connectivity index (χ0v) is 18.2. The first-order valence-electron chi connectivity index (χ1n) is 9.80. The highest BCUT2D eigenvalue weighted by Gasteiger charge is 2.17. The first-order chi connectivity index (χ1) is 14.9. The van der Waals surface area contributed by atoms with Crippen molar-refractivity contribution in [2.24, 2.45) is 0 Å². The fourth-order valence-corrected chi connectivity index (χ4v) is 3.66. The van der Waals surface area contributed by atoms with E-state index in [9.17, 15) is 5.11 Å². The molecule has 31 heavy (non-hydrogen) atoms. The zero-order chi connectivity index (χ0) is 22.1. The normalized spacial score (nSPS) is 11.3. The quantitative estimate of drug-likeness (QED) is 0.511. The average Bonchev–Trinajstić information content (AvgIpc) is 3.09. The third-order valence-corrected chi connectivity index (χ3v) is 5.03. The summed E-state index contributed by atoms with van der Waals surface area (Å²) >= 11 is 0. The Morgan fingerprint density at radius 1 is 1.06 bits per heavy atom. The second kappa shape index (κ2) is 8.23. The van der Waals surface area contributed by atoms with Gasteiger partial charge in [-0.2, -0.15) is 0 Å². The van der Waals surface area contributed by atoms with E-state index in [0.717, 1.165) is 34.6 Å².